The van der Waals surface area contributed by atoms with Crippen molar-refractivity contribution in [2.75, 3.05) is 20.7 Å². The molecule has 0 fully saturated rings. The normalized spacial score (nSPS) is 13.5. The van der Waals surface area contributed by atoms with Crippen molar-refractivity contribution in [1.29, 1.82) is 0 Å². The molecule has 1 aromatic carbocycles. The van der Waals surface area contributed by atoms with E-state index >= 15 is 0 Å². The van der Waals surface area contributed by atoms with Crippen LogP contribution in [0.25, 0.3) is 0 Å². The molecule has 1 aromatic rings. The summed E-state index contributed by atoms with van der Waals surface area (Å²) in [5.41, 5.74) is 7.04. The molecule has 17 heavy (non-hydrogen) atoms. The van der Waals surface area contributed by atoms with Crippen LogP contribution in [0.15, 0.2) is 35.3 Å². The molecule has 0 aliphatic carbocycles. The second-order valence-corrected chi connectivity index (χ2v) is 4.09. The van der Waals surface area contributed by atoms with Crippen LogP contribution in [0, 0.1) is 0 Å². The van der Waals surface area contributed by atoms with Gasteiger partial charge in [-0.1, -0.05) is 30.3 Å². The summed E-state index contributed by atoms with van der Waals surface area (Å²) in [4.78, 5) is 6.25. The highest BCUT2D eigenvalue weighted by molar-refractivity contribution is 5.77. The zero-order valence-corrected chi connectivity index (χ0v) is 10.8. The molecule has 0 bridgehead atoms. The predicted molar refractivity (Wildman–Crippen MR) is 70.9 cm³/mol. The van der Waals surface area contributed by atoms with Gasteiger partial charge in [-0.25, -0.2) is 4.99 Å². The first-order valence-corrected chi connectivity index (χ1v) is 5.71. The van der Waals surface area contributed by atoms with Crippen LogP contribution in [0.2, 0.25) is 0 Å². The maximum absolute atomic E-state index is 5.89. The zero-order valence-electron chi connectivity index (χ0n) is 10.8. The molecular weight excluding hydrogens is 214 g/mol. The van der Waals surface area contributed by atoms with Crippen LogP contribution < -0.4 is 5.73 Å². The number of guanidine groups is 1. The van der Waals surface area contributed by atoms with E-state index in [-0.39, 0.29) is 6.10 Å². The first-order chi connectivity index (χ1) is 8.13. The standard InChI is InChI=1S/C13H21N3O/c1-11(17-3)10-16(2)13(14)15-9-12-7-5-4-6-8-12/h4-8,11H,9-10H2,1-3H3,(H2,14,15). The SMILES string of the molecule is COC(C)CN(C)C(N)=NCc1ccccc1. The van der Waals surface area contributed by atoms with Gasteiger partial charge < -0.3 is 15.4 Å². The molecule has 1 atom stereocenters. The van der Waals surface area contributed by atoms with Gasteiger partial charge in [-0.05, 0) is 12.5 Å². The average molecular weight is 235 g/mol. The summed E-state index contributed by atoms with van der Waals surface area (Å²) < 4.78 is 5.18. The molecule has 0 saturated carbocycles. The Morgan fingerprint density at radius 3 is 2.65 bits per heavy atom. The topological polar surface area (TPSA) is 50.9 Å². The number of aliphatic imine (C=N–C) groups is 1. The lowest BCUT2D eigenvalue weighted by Gasteiger charge is -2.21. The molecular formula is C13H21N3O. The molecule has 2 N–H and O–H groups in total. The molecule has 0 spiro atoms. The minimum Gasteiger partial charge on any atom is -0.380 e. The fourth-order valence-electron chi connectivity index (χ4n) is 1.43. The monoisotopic (exact) mass is 235 g/mol. The lowest BCUT2D eigenvalue weighted by atomic mass is 10.2. The summed E-state index contributed by atoms with van der Waals surface area (Å²) >= 11 is 0. The van der Waals surface area contributed by atoms with Gasteiger partial charge in [0, 0.05) is 20.7 Å². The van der Waals surface area contributed by atoms with Gasteiger partial charge >= 0.3 is 0 Å². The minimum absolute atomic E-state index is 0.144. The fourth-order valence-corrected chi connectivity index (χ4v) is 1.43. The van der Waals surface area contributed by atoms with Crippen LogP contribution in [0.5, 0.6) is 0 Å². The smallest absolute Gasteiger partial charge is 0.191 e. The second kappa shape index (κ2) is 6.91. The van der Waals surface area contributed by atoms with Crippen molar-refractivity contribution >= 4 is 5.96 Å². The molecule has 1 unspecified atom stereocenters. The highest BCUT2D eigenvalue weighted by Crippen LogP contribution is 2.00. The highest BCUT2D eigenvalue weighted by atomic mass is 16.5. The summed E-state index contributed by atoms with van der Waals surface area (Å²) in [7, 11) is 3.61. The molecule has 0 aromatic heterocycles. The summed E-state index contributed by atoms with van der Waals surface area (Å²) in [6.07, 6.45) is 0.144. The first-order valence-electron chi connectivity index (χ1n) is 5.71. The van der Waals surface area contributed by atoms with E-state index in [4.69, 9.17) is 10.5 Å². The molecule has 0 aliphatic heterocycles. The van der Waals surface area contributed by atoms with E-state index in [0.717, 1.165) is 12.1 Å². The predicted octanol–water partition coefficient (Wildman–Crippen LogP) is 1.47. The van der Waals surface area contributed by atoms with Crippen LogP contribution in [0.3, 0.4) is 0 Å². The van der Waals surface area contributed by atoms with Crippen molar-refractivity contribution < 1.29 is 4.74 Å². The Hall–Kier alpha value is -1.55. The van der Waals surface area contributed by atoms with E-state index in [2.05, 4.69) is 4.99 Å². The number of benzene rings is 1. The van der Waals surface area contributed by atoms with Gasteiger partial charge in [0.05, 0.1) is 12.6 Å². The number of hydrogen-bond acceptors (Lipinski definition) is 2. The van der Waals surface area contributed by atoms with Crippen LogP contribution >= 0.6 is 0 Å². The lowest BCUT2D eigenvalue weighted by Crippen LogP contribution is -2.39. The molecule has 1 rings (SSSR count). The van der Waals surface area contributed by atoms with Crippen LogP contribution in [-0.2, 0) is 11.3 Å². The minimum atomic E-state index is 0.144. The van der Waals surface area contributed by atoms with Crippen LogP contribution in [0.4, 0.5) is 0 Å². The Balaban J connectivity index is 2.49. The van der Waals surface area contributed by atoms with Crippen molar-refractivity contribution in [3.63, 3.8) is 0 Å². The van der Waals surface area contributed by atoms with Gasteiger partial charge in [-0.2, -0.15) is 0 Å². The number of rotatable bonds is 5. The second-order valence-electron chi connectivity index (χ2n) is 4.09. The Kier molecular flexibility index (Phi) is 5.49. The molecule has 4 nitrogen and oxygen atoms in total. The van der Waals surface area contributed by atoms with Crippen molar-refractivity contribution in [2.24, 2.45) is 10.7 Å². The average Bonchev–Trinajstić information content (AvgIpc) is 2.36. The van der Waals surface area contributed by atoms with Gasteiger partial charge in [0.15, 0.2) is 5.96 Å². The van der Waals surface area contributed by atoms with Crippen molar-refractivity contribution in [3.8, 4) is 0 Å². The number of ether oxygens (including phenoxy) is 1. The van der Waals surface area contributed by atoms with Crippen molar-refractivity contribution in [1.82, 2.24) is 4.90 Å². The quantitative estimate of drug-likeness (QED) is 0.621. The van der Waals surface area contributed by atoms with Crippen LogP contribution in [-0.4, -0.2) is 37.7 Å². The first kappa shape index (κ1) is 13.5. The third-order valence-corrected chi connectivity index (χ3v) is 2.59. The third-order valence-electron chi connectivity index (χ3n) is 2.59. The molecule has 0 saturated heterocycles. The Labute approximate surface area is 103 Å². The Morgan fingerprint density at radius 1 is 1.41 bits per heavy atom. The number of methoxy groups -OCH3 is 1. The van der Waals surface area contributed by atoms with E-state index < -0.39 is 0 Å². The van der Waals surface area contributed by atoms with Gasteiger partial charge in [-0.3, -0.25) is 0 Å². The van der Waals surface area contributed by atoms with Crippen molar-refractivity contribution in [2.45, 2.75) is 19.6 Å². The van der Waals surface area contributed by atoms with E-state index in [9.17, 15) is 0 Å². The molecule has 4 heteroatoms. The summed E-state index contributed by atoms with van der Waals surface area (Å²) in [6.45, 7) is 3.35. The maximum atomic E-state index is 5.89. The van der Waals surface area contributed by atoms with E-state index in [1.54, 1.807) is 7.11 Å². The number of nitrogens with zero attached hydrogens (tertiary/aromatic N) is 2. The molecule has 0 radical (unpaired) electrons. The summed E-state index contributed by atoms with van der Waals surface area (Å²) in [5, 5.41) is 0. The van der Waals surface area contributed by atoms with E-state index in [1.165, 1.54) is 0 Å². The van der Waals surface area contributed by atoms with Gasteiger partial charge in [0.25, 0.3) is 0 Å². The van der Waals surface area contributed by atoms with Crippen LogP contribution in [0.1, 0.15) is 12.5 Å². The summed E-state index contributed by atoms with van der Waals surface area (Å²) in [5.74, 6) is 0.540. The van der Waals surface area contributed by atoms with Crippen molar-refractivity contribution in [3.05, 3.63) is 35.9 Å². The molecule has 0 heterocycles. The number of hydrogen-bond donors (Lipinski definition) is 1. The Bertz CT molecular complexity index is 351. The number of nitrogens with two attached hydrogens (primary N) is 1. The molecule has 0 aliphatic rings. The number of likely N-dealkylation sites (N-methyl/N-ethyl adjacent to an activating group) is 1. The maximum Gasteiger partial charge on any atom is 0.191 e. The largest absolute Gasteiger partial charge is 0.380 e. The van der Waals surface area contributed by atoms with E-state index in [0.29, 0.717) is 12.5 Å². The van der Waals surface area contributed by atoms with Gasteiger partial charge in [0.2, 0.25) is 0 Å². The lowest BCUT2D eigenvalue weighted by molar-refractivity contribution is 0.101. The third kappa shape index (κ3) is 4.87. The zero-order chi connectivity index (χ0) is 12.7. The molecule has 0 amide bonds. The highest BCUT2D eigenvalue weighted by Gasteiger charge is 2.06. The van der Waals surface area contributed by atoms with E-state index in [1.807, 2.05) is 49.2 Å². The van der Waals surface area contributed by atoms with Gasteiger partial charge in [-0.15, -0.1) is 0 Å². The van der Waals surface area contributed by atoms with Gasteiger partial charge in [0.1, 0.15) is 0 Å². The molecule has 94 valence electrons. The Morgan fingerprint density at radius 2 is 2.06 bits per heavy atom. The fraction of sp³-hybridized carbons (Fsp3) is 0.462. The summed E-state index contributed by atoms with van der Waals surface area (Å²) in [6, 6.07) is 10.1.